The van der Waals surface area contributed by atoms with Gasteiger partial charge in [0.05, 0.1) is 24.2 Å². The van der Waals surface area contributed by atoms with Crippen LogP contribution in [0.15, 0.2) is 103 Å². The molecule has 0 aliphatic carbocycles. The Balaban J connectivity index is 1.61. The van der Waals surface area contributed by atoms with Crippen LogP contribution in [-0.4, -0.2) is 9.55 Å². The van der Waals surface area contributed by atoms with Crippen LogP contribution in [0.3, 0.4) is 0 Å². The third kappa shape index (κ3) is 4.41. The molecule has 1 atom stereocenters. The van der Waals surface area contributed by atoms with E-state index in [-0.39, 0.29) is 18.2 Å². The van der Waals surface area contributed by atoms with E-state index in [1.807, 2.05) is 65.2 Å². The molecule has 0 spiro atoms. The highest BCUT2D eigenvalue weighted by Crippen LogP contribution is 2.31. The molecule has 0 radical (unpaired) electrons. The standard InChI is InChI=1S/C28H22F2N2O/c29-23-14-6-4-12-21(23)18-32-26-17-9-8-16-25(26)31-28(32)27(20-10-2-1-3-11-20)33-19-22-13-5-7-15-24(22)30/h1-17,27H,18-19H2. The summed E-state index contributed by atoms with van der Waals surface area (Å²) in [6.45, 7) is 0.379. The number of ether oxygens (including phenoxy) is 1. The molecule has 0 amide bonds. The van der Waals surface area contributed by atoms with Gasteiger partial charge in [-0.25, -0.2) is 13.8 Å². The number of hydrogen-bond donors (Lipinski definition) is 0. The van der Waals surface area contributed by atoms with Crippen molar-refractivity contribution in [3.63, 3.8) is 0 Å². The molecule has 0 aliphatic heterocycles. The first-order chi connectivity index (χ1) is 16.2. The van der Waals surface area contributed by atoms with Crippen LogP contribution in [0, 0.1) is 11.6 Å². The average molecular weight is 440 g/mol. The Morgan fingerprint density at radius 2 is 1.30 bits per heavy atom. The van der Waals surface area contributed by atoms with Crippen LogP contribution >= 0.6 is 0 Å². The Bertz CT molecular complexity index is 1380. The van der Waals surface area contributed by atoms with Gasteiger partial charge in [-0.3, -0.25) is 0 Å². The maximum Gasteiger partial charge on any atom is 0.144 e. The van der Waals surface area contributed by atoms with Crippen molar-refractivity contribution < 1.29 is 13.5 Å². The molecule has 5 aromatic rings. The first kappa shape index (κ1) is 21.0. The monoisotopic (exact) mass is 440 g/mol. The summed E-state index contributed by atoms with van der Waals surface area (Å²) in [4.78, 5) is 4.87. The molecule has 5 heteroatoms. The van der Waals surface area contributed by atoms with Crippen molar-refractivity contribution >= 4 is 11.0 Å². The minimum Gasteiger partial charge on any atom is -0.361 e. The largest absolute Gasteiger partial charge is 0.361 e. The van der Waals surface area contributed by atoms with E-state index in [1.165, 1.54) is 12.1 Å². The Labute approximate surface area is 190 Å². The van der Waals surface area contributed by atoms with Crippen LogP contribution in [0.2, 0.25) is 0 Å². The van der Waals surface area contributed by atoms with E-state index in [9.17, 15) is 8.78 Å². The molecular formula is C28H22F2N2O. The summed E-state index contributed by atoms with van der Waals surface area (Å²) >= 11 is 0. The second-order valence-corrected chi connectivity index (χ2v) is 7.83. The van der Waals surface area contributed by atoms with Crippen LogP contribution in [0.5, 0.6) is 0 Å². The number of halogens is 2. The molecule has 3 nitrogen and oxygen atoms in total. The number of benzene rings is 4. The summed E-state index contributed by atoms with van der Waals surface area (Å²) in [6.07, 6.45) is -0.565. The third-order valence-corrected chi connectivity index (χ3v) is 5.67. The predicted molar refractivity (Wildman–Crippen MR) is 125 cm³/mol. The van der Waals surface area contributed by atoms with E-state index in [1.54, 1.807) is 30.3 Å². The second kappa shape index (κ2) is 9.35. The summed E-state index contributed by atoms with van der Waals surface area (Å²) < 4.78 is 37.1. The maximum absolute atomic E-state index is 14.5. The first-order valence-corrected chi connectivity index (χ1v) is 10.8. The molecule has 33 heavy (non-hydrogen) atoms. The van der Waals surface area contributed by atoms with E-state index in [0.29, 0.717) is 23.5 Å². The lowest BCUT2D eigenvalue weighted by Gasteiger charge is -2.20. The normalized spacial score (nSPS) is 12.2. The van der Waals surface area contributed by atoms with Gasteiger partial charge in [-0.15, -0.1) is 0 Å². The van der Waals surface area contributed by atoms with Crippen molar-refractivity contribution in [3.8, 4) is 0 Å². The smallest absolute Gasteiger partial charge is 0.144 e. The van der Waals surface area contributed by atoms with Gasteiger partial charge in [0.25, 0.3) is 0 Å². The molecule has 0 aliphatic rings. The van der Waals surface area contributed by atoms with Gasteiger partial charge in [-0.2, -0.15) is 0 Å². The Hall–Kier alpha value is -3.83. The van der Waals surface area contributed by atoms with E-state index < -0.39 is 6.10 Å². The number of imidazole rings is 1. The van der Waals surface area contributed by atoms with Crippen LogP contribution in [0.25, 0.3) is 11.0 Å². The lowest BCUT2D eigenvalue weighted by molar-refractivity contribution is 0.0575. The number of aromatic nitrogens is 2. The predicted octanol–water partition coefficient (Wildman–Crippen LogP) is 6.67. The summed E-state index contributed by atoms with van der Waals surface area (Å²) in [5.41, 5.74) is 3.59. The zero-order valence-electron chi connectivity index (χ0n) is 17.9. The fourth-order valence-electron chi connectivity index (χ4n) is 3.99. The second-order valence-electron chi connectivity index (χ2n) is 7.83. The highest BCUT2D eigenvalue weighted by molar-refractivity contribution is 5.76. The molecule has 4 aromatic carbocycles. The SMILES string of the molecule is Fc1ccccc1COC(c1ccccc1)c1nc2ccccc2n1Cc1ccccc1F. The van der Waals surface area contributed by atoms with Crippen LogP contribution in [-0.2, 0) is 17.9 Å². The van der Waals surface area contributed by atoms with Gasteiger partial charge in [-0.05, 0) is 29.8 Å². The number of para-hydroxylation sites is 2. The van der Waals surface area contributed by atoms with Crippen molar-refractivity contribution in [1.29, 1.82) is 0 Å². The molecular weight excluding hydrogens is 418 g/mol. The maximum atomic E-state index is 14.5. The van der Waals surface area contributed by atoms with Gasteiger partial charge in [0, 0.05) is 11.1 Å². The van der Waals surface area contributed by atoms with Crippen LogP contribution in [0.4, 0.5) is 8.78 Å². The van der Waals surface area contributed by atoms with Crippen molar-refractivity contribution in [1.82, 2.24) is 9.55 Å². The minimum atomic E-state index is -0.565. The van der Waals surface area contributed by atoms with Crippen molar-refractivity contribution in [3.05, 3.63) is 137 Å². The van der Waals surface area contributed by atoms with E-state index in [4.69, 9.17) is 9.72 Å². The summed E-state index contributed by atoms with van der Waals surface area (Å²) in [5.74, 6) is 0.0518. The fraction of sp³-hybridized carbons (Fsp3) is 0.107. The zero-order valence-corrected chi connectivity index (χ0v) is 17.9. The molecule has 0 saturated heterocycles. The number of rotatable bonds is 7. The molecule has 1 heterocycles. The highest BCUT2D eigenvalue weighted by Gasteiger charge is 2.24. The number of nitrogens with zero attached hydrogens (tertiary/aromatic N) is 2. The molecule has 5 rings (SSSR count). The molecule has 164 valence electrons. The first-order valence-electron chi connectivity index (χ1n) is 10.8. The molecule has 0 fully saturated rings. The number of fused-ring (bicyclic) bond motifs is 1. The van der Waals surface area contributed by atoms with Gasteiger partial charge >= 0.3 is 0 Å². The quantitative estimate of drug-likeness (QED) is 0.283. The summed E-state index contributed by atoms with van der Waals surface area (Å²) in [6, 6.07) is 30.7. The van der Waals surface area contributed by atoms with Crippen molar-refractivity contribution in [2.24, 2.45) is 0 Å². The molecule has 1 aromatic heterocycles. The average Bonchev–Trinajstić information content (AvgIpc) is 3.20. The van der Waals surface area contributed by atoms with Crippen molar-refractivity contribution in [2.75, 3.05) is 0 Å². The van der Waals surface area contributed by atoms with Crippen LogP contribution in [0.1, 0.15) is 28.6 Å². The Morgan fingerprint density at radius 3 is 2.03 bits per heavy atom. The minimum absolute atomic E-state index is 0.0785. The van der Waals surface area contributed by atoms with Gasteiger partial charge < -0.3 is 9.30 Å². The van der Waals surface area contributed by atoms with Gasteiger partial charge in [-0.1, -0.05) is 78.9 Å². The molecule has 0 saturated carbocycles. The van der Waals surface area contributed by atoms with E-state index in [2.05, 4.69) is 0 Å². The fourth-order valence-corrected chi connectivity index (χ4v) is 3.99. The Morgan fingerprint density at radius 1 is 0.697 bits per heavy atom. The zero-order chi connectivity index (χ0) is 22.6. The van der Waals surface area contributed by atoms with Crippen molar-refractivity contribution in [2.45, 2.75) is 19.3 Å². The highest BCUT2D eigenvalue weighted by atomic mass is 19.1. The lowest BCUT2D eigenvalue weighted by atomic mass is 10.1. The van der Waals surface area contributed by atoms with E-state index >= 15 is 0 Å². The third-order valence-electron chi connectivity index (χ3n) is 5.67. The summed E-state index contributed by atoms with van der Waals surface area (Å²) in [7, 11) is 0. The lowest BCUT2D eigenvalue weighted by Crippen LogP contribution is -2.15. The molecule has 0 bridgehead atoms. The molecule has 0 N–H and O–H groups in total. The Kier molecular flexibility index (Phi) is 5.96. The topological polar surface area (TPSA) is 27.1 Å². The molecule has 1 unspecified atom stereocenters. The van der Waals surface area contributed by atoms with Gasteiger partial charge in [0.1, 0.15) is 23.6 Å². The van der Waals surface area contributed by atoms with Crippen LogP contribution < -0.4 is 0 Å². The van der Waals surface area contributed by atoms with Gasteiger partial charge in [0.2, 0.25) is 0 Å². The number of hydrogen-bond acceptors (Lipinski definition) is 2. The summed E-state index contributed by atoms with van der Waals surface area (Å²) in [5, 5.41) is 0. The van der Waals surface area contributed by atoms with Gasteiger partial charge in [0.15, 0.2) is 0 Å². The van der Waals surface area contributed by atoms with E-state index in [0.717, 1.165) is 16.6 Å².